The molecule has 0 aromatic heterocycles. The first-order valence-electron chi connectivity index (χ1n) is 6.43. The highest BCUT2D eigenvalue weighted by atomic mass is 16.2. The third-order valence-electron chi connectivity index (χ3n) is 3.93. The molecular formula is C12H23N3O. The number of nitrogens with two attached hydrogens (primary N) is 1. The number of hydrogen-bond acceptors (Lipinski definition) is 3. The second-order valence-electron chi connectivity index (χ2n) is 5.11. The van der Waals surface area contributed by atoms with Crippen LogP contribution in [0.1, 0.15) is 32.1 Å². The van der Waals surface area contributed by atoms with Crippen molar-refractivity contribution in [2.24, 2.45) is 11.7 Å². The highest BCUT2D eigenvalue weighted by Crippen LogP contribution is 2.35. The van der Waals surface area contributed by atoms with Crippen molar-refractivity contribution >= 4 is 5.91 Å². The Labute approximate surface area is 97.6 Å². The number of rotatable bonds is 4. The van der Waals surface area contributed by atoms with Crippen molar-refractivity contribution in [3.8, 4) is 0 Å². The number of nitrogens with zero attached hydrogens (tertiary/aromatic N) is 1. The van der Waals surface area contributed by atoms with Crippen LogP contribution in [0.3, 0.4) is 0 Å². The first-order valence-corrected chi connectivity index (χ1v) is 6.43. The molecule has 0 spiro atoms. The van der Waals surface area contributed by atoms with E-state index in [1.165, 1.54) is 12.8 Å². The molecule has 16 heavy (non-hydrogen) atoms. The Morgan fingerprint density at radius 3 is 2.81 bits per heavy atom. The van der Waals surface area contributed by atoms with Crippen LogP contribution in [0.5, 0.6) is 0 Å². The number of likely N-dealkylation sites (N-methyl/N-ethyl adjacent to an activating group) is 1. The standard InChI is InChI=1S/C12H23N3O/c1-15(11(8-13)9-5-6-9)10-4-2-3-7-14-12(10)16/h9-11H,2-8,13H2,1H3,(H,14,16). The van der Waals surface area contributed by atoms with Crippen LogP contribution in [-0.4, -0.2) is 43.0 Å². The molecule has 1 aliphatic carbocycles. The minimum Gasteiger partial charge on any atom is -0.355 e. The van der Waals surface area contributed by atoms with Crippen molar-refractivity contribution in [3.05, 3.63) is 0 Å². The fraction of sp³-hybridized carbons (Fsp3) is 0.917. The first-order chi connectivity index (χ1) is 7.74. The zero-order chi connectivity index (χ0) is 11.5. The summed E-state index contributed by atoms with van der Waals surface area (Å²) in [6.07, 6.45) is 5.77. The third kappa shape index (κ3) is 2.55. The minimum atomic E-state index is 0.0386. The van der Waals surface area contributed by atoms with Gasteiger partial charge in [0.2, 0.25) is 5.91 Å². The van der Waals surface area contributed by atoms with Crippen LogP contribution in [0.15, 0.2) is 0 Å². The van der Waals surface area contributed by atoms with Crippen molar-refractivity contribution in [1.82, 2.24) is 10.2 Å². The van der Waals surface area contributed by atoms with Crippen molar-refractivity contribution in [1.29, 1.82) is 0 Å². The molecule has 2 unspecified atom stereocenters. The molecule has 0 aromatic carbocycles. The summed E-state index contributed by atoms with van der Waals surface area (Å²) in [5.41, 5.74) is 5.83. The quantitative estimate of drug-likeness (QED) is 0.724. The van der Waals surface area contributed by atoms with Crippen molar-refractivity contribution < 1.29 is 4.79 Å². The molecule has 2 atom stereocenters. The fourth-order valence-corrected chi connectivity index (χ4v) is 2.72. The Bertz CT molecular complexity index is 253. The summed E-state index contributed by atoms with van der Waals surface area (Å²) in [5.74, 6) is 0.921. The third-order valence-corrected chi connectivity index (χ3v) is 3.93. The number of carbonyl (C=O) groups excluding carboxylic acids is 1. The molecule has 1 aliphatic heterocycles. The molecule has 1 heterocycles. The Kier molecular flexibility index (Phi) is 3.82. The maximum absolute atomic E-state index is 11.9. The Morgan fingerprint density at radius 2 is 2.19 bits per heavy atom. The maximum Gasteiger partial charge on any atom is 0.237 e. The van der Waals surface area contributed by atoms with E-state index in [1.54, 1.807) is 0 Å². The molecule has 4 heteroatoms. The molecule has 2 aliphatic rings. The van der Waals surface area contributed by atoms with Gasteiger partial charge in [-0.1, -0.05) is 0 Å². The largest absolute Gasteiger partial charge is 0.355 e. The van der Waals surface area contributed by atoms with Crippen molar-refractivity contribution in [2.75, 3.05) is 20.1 Å². The molecule has 3 N–H and O–H groups in total. The van der Waals surface area contributed by atoms with Gasteiger partial charge in [-0.2, -0.15) is 0 Å². The lowest BCUT2D eigenvalue weighted by Gasteiger charge is -2.33. The molecule has 0 radical (unpaired) electrons. The molecule has 1 saturated carbocycles. The van der Waals surface area contributed by atoms with Gasteiger partial charge in [0.05, 0.1) is 6.04 Å². The number of nitrogens with one attached hydrogen (secondary N) is 1. The van der Waals surface area contributed by atoms with Gasteiger partial charge in [0.1, 0.15) is 0 Å². The lowest BCUT2D eigenvalue weighted by molar-refractivity contribution is -0.126. The highest BCUT2D eigenvalue weighted by Gasteiger charge is 2.37. The average molecular weight is 225 g/mol. The van der Waals surface area contributed by atoms with E-state index in [-0.39, 0.29) is 11.9 Å². The summed E-state index contributed by atoms with van der Waals surface area (Å²) in [4.78, 5) is 14.1. The topological polar surface area (TPSA) is 58.4 Å². The van der Waals surface area contributed by atoms with Crippen LogP contribution in [0.4, 0.5) is 0 Å². The Morgan fingerprint density at radius 1 is 1.44 bits per heavy atom. The molecule has 1 saturated heterocycles. The van der Waals surface area contributed by atoms with Crippen LogP contribution < -0.4 is 11.1 Å². The summed E-state index contributed by atoms with van der Waals surface area (Å²) in [7, 11) is 2.06. The second-order valence-corrected chi connectivity index (χ2v) is 5.11. The van der Waals surface area contributed by atoms with E-state index < -0.39 is 0 Å². The van der Waals surface area contributed by atoms with E-state index in [9.17, 15) is 4.79 Å². The molecule has 0 aromatic rings. The molecular weight excluding hydrogens is 202 g/mol. The molecule has 2 rings (SSSR count). The Hall–Kier alpha value is -0.610. The number of carbonyl (C=O) groups is 1. The van der Waals surface area contributed by atoms with Gasteiger partial charge in [-0.25, -0.2) is 0 Å². The Balaban J connectivity index is 1.99. The van der Waals surface area contributed by atoms with Crippen LogP contribution in [0, 0.1) is 5.92 Å². The zero-order valence-corrected chi connectivity index (χ0v) is 10.1. The van der Waals surface area contributed by atoms with Crippen LogP contribution in [0.2, 0.25) is 0 Å². The number of hydrogen-bond donors (Lipinski definition) is 2. The SMILES string of the molecule is CN(C1CCCCNC1=O)C(CN)C1CC1. The smallest absolute Gasteiger partial charge is 0.237 e. The van der Waals surface area contributed by atoms with E-state index in [1.807, 2.05) is 0 Å². The molecule has 0 bridgehead atoms. The average Bonchev–Trinajstić information content (AvgIpc) is 3.07. The van der Waals surface area contributed by atoms with E-state index in [0.29, 0.717) is 12.6 Å². The lowest BCUT2D eigenvalue weighted by atomic mass is 10.0. The summed E-state index contributed by atoms with van der Waals surface area (Å²) in [6.45, 7) is 1.50. The number of amides is 1. The minimum absolute atomic E-state index is 0.0386. The van der Waals surface area contributed by atoms with Gasteiger partial charge in [0, 0.05) is 19.1 Å². The van der Waals surface area contributed by atoms with Gasteiger partial charge in [-0.3, -0.25) is 9.69 Å². The van der Waals surface area contributed by atoms with E-state index in [0.717, 1.165) is 31.7 Å². The van der Waals surface area contributed by atoms with Crippen molar-refractivity contribution in [2.45, 2.75) is 44.2 Å². The van der Waals surface area contributed by atoms with Gasteiger partial charge < -0.3 is 11.1 Å². The van der Waals surface area contributed by atoms with Crippen LogP contribution in [0.25, 0.3) is 0 Å². The lowest BCUT2D eigenvalue weighted by Crippen LogP contribution is -2.51. The van der Waals surface area contributed by atoms with Crippen molar-refractivity contribution in [3.63, 3.8) is 0 Å². The monoisotopic (exact) mass is 225 g/mol. The molecule has 2 fully saturated rings. The van der Waals surface area contributed by atoms with E-state index >= 15 is 0 Å². The summed E-state index contributed by atoms with van der Waals surface area (Å²) >= 11 is 0. The summed E-state index contributed by atoms with van der Waals surface area (Å²) in [5, 5.41) is 2.99. The van der Waals surface area contributed by atoms with E-state index in [4.69, 9.17) is 5.73 Å². The molecule has 1 amide bonds. The van der Waals surface area contributed by atoms with E-state index in [2.05, 4.69) is 17.3 Å². The molecule has 92 valence electrons. The highest BCUT2D eigenvalue weighted by molar-refractivity contribution is 5.81. The van der Waals surface area contributed by atoms with Gasteiger partial charge in [0.15, 0.2) is 0 Å². The zero-order valence-electron chi connectivity index (χ0n) is 10.1. The van der Waals surface area contributed by atoms with Gasteiger partial charge in [-0.05, 0) is 45.1 Å². The van der Waals surface area contributed by atoms with Crippen LogP contribution in [-0.2, 0) is 4.79 Å². The van der Waals surface area contributed by atoms with Gasteiger partial charge in [0.25, 0.3) is 0 Å². The first kappa shape index (κ1) is 11.9. The van der Waals surface area contributed by atoms with Gasteiger partial charge in [-0.15, -0.1) is 0 Å². The fourth-order valence-electron chi connectivity index (χ4n) is 2.72. The summed E-state index contributed by atoms with van der Waals surface area (Å²) in [6, 6.07) is 0.436. The predicted octanol–water partition coefficient (Wildman–Crippen LogP) is 0.324. The maximum atomic E-state index is 11.9. The van der Waals surface area contributed by atoms with Gasteiger partial charge >= 0.3 is 0 Å². The summed E-state index contributed by atoms with van der Waals surface area (Å²) < 4.78 is 0. The molecule has 4 nitrogen and oxygen atoms in total. The second kappa shape index (κ2) is 5.15. The van der Waals surface area contributed by atoms with Crippen LogP contribution >= 0.6 is 0 Å². The predicted molar refractivity (Wildman–Crippen MR) is 64.0 cm³/mol. The normalized spacial score (nSPS) is 28.7.